The van der Waals surface area contributed by atoms with E-state index in [1.165, 1.54) is 45.7 Å². The molecule has 3 aliphatic heterocycles. The third kappa shape index (κ3) is 3.59. The molecule has 0 spiro atoms. The van der Waals surface area contributed by atoms with Gasteiger partial charge in [0.1, 0.15) is 6.23 Å². The first-order valence-electron chi connectivity index (χ1n) is 8.69. The molecule has 3 heterocycles. The van der Waals surface area contributed by atoms with Crippen LogP contribution in [0.1, 0.15) is 20.3 Å². The number of piperazine rings is 1. The number of likely N-dealkylation sites (tertiary alicyclic amines) is 2. The molecule has 0 aromatic carbocycles. The van der Waals surface area contributed by atoms with Crippen LogP contribution in [0.15, 0.2) is 0 Å². The van der Waals surface area contributed by atoms with E-state index in [0.717, 1.165) is 31.8 Å². The maximum Gasteiger partial charge on any atom is 0.107 e. The molecule has 2 unspecified atom stereocenters. The largest absolute Gasteiger partial charge is 0.364 e. The number of nitrogens with zero attached hydrogens (tertiary/aromatic N) is 4. The molecule has 0 radical (unpaired) electrons. The summed E-state index contributed by atoms with van der Waals surface area (Å²) in [5.41, 5.74) is 0. The number of rotatable bonds is 5. The second-order valence-corrected chi connectivity index (χ2v) is 6.94. The first-order chi connectivity index (χ1) is 10.2. The maximum absolute atomic E-state index is 5.72. The molecule has 21 heavy (non-hydrogen) atoms. The molecule has 0 aliphatic carbocycles. The van der Waals surface area contributed by atoms with Crippen molar-refractivity contribution >= 4 is 0 Å². The van der Waals surface area contributed by atoms with E-state index in [1.807, 2.05) is 0 Å². The van der Waals surface area contributed by atoms with Gasteiger partial charge in [-0.3, -0.25) is 14.7 Å². The molecule has 3 aliphatic rings. The Hall–Kier alpha value is -0.200. The monoisotopic (exact) mass is 296 g/mol. The summed E-state index contributed by atoms with van der Waals surface area (Å²) in [5.74, 6) is 0. The second-order valence-electron chi connectivity index (χ2n) is 6.94. The molecule has 0 aromatic rings. The highest BCUT2D eigenvalue weighted by atomic mass is 16.5. The predicted octanol–water partition coefficient (Wildman–Crippen LogP) is 0.375. The fraction of sp³-hybridized carbons (Fsp3) is 1.00. The van der Waals surface area contributed by atoms with Gasteiger partial charge in [0, 0.05) is 71.0 Å². The number of ether oxygens (including phenoxy) is 1. The van der Waals surface area contributed by atoms with Crippen LogP contribution in [-0.4, -0.2) is 104 Å². The van der Waals surface area contributed by atoms with Gasteiger partial charge in [0.2, 0.25) is 0 Å². The van der Waals surface area contributed by atoms with E-state index >= 15 is 0 Å². The van der Waals surface area contributed by atoms with Crippen molar-refractivity contribution in [2.75, 3.05) is 66.0 Å². The van der Waals surface area contributed by atoms with E-state index in [9.17, 15) is 0 Å². The van der Waals surface area contributed by atoms with Crippen LogP contribution in [-0.2, 0) is 4.74 Å². The standard InChI is InChI=1S/C16H32N4O/c1-4-21-14(2)18-7-9-19(10-8-18)15-5-6-20(13-15)16-11-17(3)12-16/h14-16H,4-13H2,1-3H3. The van der Waals surface area contributed by atoms with Crippen LogP contribution in [0.2, 0.25) is 0 Å². The van der Waals surface area contributed by atoms with E-state index in [1.54, 1.807) is 0 Å². The van der Waals surface area contributed by atoms with Crippen LogP contribution in [0, 0.1) is 0 Å². The van der Waals surface area contributed by atoms with E-state index < -0.39 is 0 Å². The molecular formula is C16H32N4O. The van der Waals surface area contributed by atoms with Crippen molar-refractivity contribution in [3.05, 3.63) is 0 Å². The van der Waals surface area contributed by atoms with E-state index in [2.05, 4.69) is 40.5 Å². The van der Waals surface area contributed by atoms with Crippen molar-refractivity contribution in [1.82, 2.24) is 19.6 Å². The van der Waals surface area contributed by atoms with Crippen molar-refractivity contribution in [2.24, 2.45) is 0 Å². The van der Waals surface area contributed by atoms with E-state index in [0.29, 0.717) is 0 Å². The van der Waals surface area contributed by atoms with Crippen LogP contribution in [0.5, 0.6) is 0 Å². The van der Waals surface area contributed by atoms with Crippen molar-refractivity contribution in [3.63, 3.8) is 0 Å². The van der Waals surface area contributed by atoms with E-state index in [4.69, 9.17) is 4.74 Å². The minimum Gasteiger partial charge on any atom is -0.364 e. The van der Waals surface area contributed by atoms with Gasteiger partial charge in [-0.05, 0) is 27.3 Å². The highest BCUT2D eigenvalue weighted by Gasteiger charge is 2.37. The Morgan fingerprint density at radius 3 is 2.29 bits per heavy atom. The minimum atomic E-state index is 0.280. The summed E-state index contributed by atoms with van der Waals surface area (Å²) in [4.78, 5) is 10.3. The smallest absolute Gasteiger partial charge is 0.107 e. The summed E-state index contributed by atoms with van der Waals surface area (Å²) in [7, 11) is 2.23. The molecule has 0 bridgehead atoms. The molecule has 0 saturated carbocycles. The first-order valence-corrected chi connectivity index (χ1v) is 8.69. The summed E-state index contributed by atoms with van der Waals surface area (Å²) in [6.45, 7) is 14.9. The Morgan fingerprint density at radius 2 is 1.67 bits per heavy atom. The lowest BCUT2D eigenvalue weighted by molar-refractivity contribution is -0.0648. The Kier molecular flexibility index (Phi) is 5.17. The Morgan fingerprint density at radius 1 is 0.952 bits per heavy atom. The first kappa shape index (κ1) is 15.7. The van der Waals surface area contributed by atoms with Crippen LogP contribution in [0.3, 0.4) is 0 Å². The number of hydrogen-bond acceptors (Lipinski definition) is 5. The van der Waals surface area contributed by atoms with Gasteiger partial charge in [-0.15, -0.1) is 0 Å². The topological polar surface area (TPSA) is 22.2 Å². The molecule has 5 nitrogen and oxygen atoms in total. The fourth-order valence-corrected chi connectivity index (χ4v) is 4.11. The zero-order valence-electron chi connectivity index (χ0n) is 14.0. The molecule has 3 saturated heterocycles. The van der Waals surface area contributed by atoms with Gasteiger partial charge in [-0.1, -0.05) is 0 Å². The van der Waals surface area contributed by atoms with Crippen LogP contribution in [0.25, 0.3) is 0 Å². The molecule has 5 heteroatoms. The summed E-state index contributed by atoms with van der Waals surface area (Å²) >= 11 is 0. The van der Waals surface area contributed by atoms with Crippen molar-refractivity contribution in [3.8, 4) is 0 Å². The third-order valence-electron chi connectivity index (χ3n) is 5.54. The van der Waals surface area contributed by atoms with Gasteiger partial charge >= 0.3 is 0 Å². The summed E-state index contributed by atoms with van der Waals surface area (Å²) in [5, 5.41) is 0. The van der Waals surface area contributed by atoms with Crippen LogP contribution in [0.4, 0.5) is 0 Å². The van der Waals surface area contributed by atoms with Crippen LogP contribution < -0.4 is 0 Å². The molecule has 2 atom stereocenters. The molecule has 122 valence electrons. The van der Waals surface area contributed by atoms with Gasteiger partial charge in [0.05, 0.1) is 0 Å². The highest BCUT2D eigenvalue weighted by Crippen LogP contribution is 2.23. The van der Waals surface area contributed by atoms with Gasteiger partial charge < -0.3 is 9.64 Å². The summed E-state index contributed by atoms with van der Waals surface area (Å²) in [6, 6.07) is 1.62. The fourth-order valence-electron chi connectivity index (χ4n) is 4.11. The third-order valence-corrected chi connectivity index (χ3v) is 5.54. The maximum atomic E-state index is 5.72. The Labute approximate surface area is 129 Å². The number of hydrogen-bond donors (Lipinski definition) is 0. The Bertz CT molecular complexity index is 326. The Balaban J connectivity index is 1.41. The predicted molar refractivity (Wildman–Crippen MR) is 85.5 cm³/mol. The van der Waals surface area contributed by atoms with E-state index in [-0.39, 0.29) is 6.23 Å². The van der Waals surface area contributed by atoms with Crippen LogP contribution >= 0.6 is 0 Å². The zero-order valence-corrected chi connectivity index (χ0v) is 14.0. The SMILES string of the molecule is CCOC(C)N1CCN(C2CCN(C3CN(C)C3)C2)CC1. The quantitative estimate of drug-likeness (QED) is 0.729. The van der Waals surface area contributed by atoms with Gasteiger partial charge in [0.25, 0.3) is 0 Å². The normalized spacial score (nSPS) is 32.4. The minimum absolute atomic E-state index is 0.280. The van der Waals surface area contributed by atoms with Crippen molar-refractivity contribution < 1.29 is 4.74 Å². The zero-order chi connectivity index (χ0) is 14.8. The average molecular weight is 296 g/mol. The summed E-state index contributed by atoms with van der Waals surface area (Å²) in [6.07, 6.45) is 1.64. The van der Waals surface area contributed by atoms with Gasteiger partial charge in [-0.25, -0.2) is 0 Å². The lowest BCUT2D eigenvalue weighted by atomic mass is 10.1. The molecule has 0 amide bonds. The molecule has 0 aromatic heterocycles. The summed E-state index contributed by atoms with van der Waals surface area (Å²) < 4.78 is 5.72. The lowest BCUT2D eigenvalue weighted by Gasteiger charge is -2.43. The van der Waals surface area contributed by atoms with Gasteiger partial charge in [0.15, 0.2) is 0 Å². The molecule has 3 fully saturated rings. The van der Waals surface area contributed by atoms with Gasteiger partial charge in [-0.2, -0.15) is 0 Å². The number of likely N-dealkylation sites (N-methyl/N-ethyl adjacent to an activating group) is 1. The van der Waals surface area contributed by atoms with Crippen molar-refractivity contribution in [1.29, 1.82) is 0 Å². The van der Waals surface area contributed by atoms with Crippen molar-refractivity contribution in [2.45, 2.75) is 38.6 Å². The lowest BCUT2D eigenvalue weighted by Crippen LogP contribution is -2.58. The average Bonchev–Trinajstić information content (AvgIpc) is 2.94. The molecule has 0 N–H and O–H groups in total. The second kappa shape index (κ2) is 6.92. The highest BCUT2D eigenvalue weighted by molar-refractivity contribution is 4.94. The molecular weight excluding hydrogens is 264 g/mol. The molecule has 3 rings (SSSR count).